The van der Waals surface area contributed by atoms with E-state index in [0.29, 0.717) is 6.42 Å². The molecular weight excluding hydrogens is 256 g/mol. The minimum absolute atomic E-state index is 0.377. The number of hydrogen-bond acceptors (Lipinski definition) is 5. The van der Waals surface area contributed by atoms with Crippen LogP contribution in [0.5, 0.6) is 5.75 Å². The van der Waals surface area contributed by atoms with Crippen LogP contribution >= 0.6 is 0 Å². The first-order valence-electron chi connectivity index (χ1n) is 6.64. The first kappa shape index (κ1) is 16.3. The quantitative estimate of drug-likeness (QED) is 0.772. The van der Waals surface area contributed by atoms with Gasteiger partial charge >= 0.3 is 5.97 Å². The van der Waals surface area contributed by atoms with E-state index in [4.69, 9.17) is 15.2 Å². The van der Waals surface area contributed by atoms with Crippen molar-refractivity contribution in [3.63, 3.8) is 0 Å². The second-order valence-electron chi connectivity index (χ2n) is 5.11. The van der Waals surface area contributed by atoms with Crippen LogP contribution < -0.4 is 15.4 Å². The summed E-state index contributed by atoms with van der Waals surface area (Å²) in [5.41, 5.74) is 6.02. The summed E-state index contributed by atoms with van der Waals surface area (Å²) in [5.74, 6) is 0.455. The highest BCUT2D eigenvalue weighted by molar-refractivity contribution is 5.79. The van der Waals surface area contributed by atoms with Gasteiger partial charge in [0.15, 0.2) is 0 Å². The van der Waals surface area contributed by atoms with Gasteiger partial charge in [-0.15, -0.1) is 0 Å². The van der Waals surface area contributed by atoms with E-state index in [-0.39, 0.29) is 5.97 Å². The van der Waals surface area contributed by atoms with Crippen molar-refractivity contribution < 1.29 is 14.3 Å². The largest absolute Gasteiger partial charge is 0.495 e. The van der Waals surface area contributed by atoms with Gasteiger partial charge in [-0.05, 0) is 31.9 Å². The molecule has 0 saturated carbocycles. The Bertz CT molecular complexity index is 446. The summed E-state index contributed by atoms with van der Waals surface area (Å²) in [6.45, 7) is 2.48. The van der Waals surface area contributed by atoms with E-state index in [1.165, 1.54) is 7.11 Å². The average Bonchev–Trinajstić information content (AvgIpc) is 2.45. The number of hydrogen-bond donors (Lipinski definition) is 1. The van der Waals surface area contributed by atoms with Gasteiger partial charge in [0.25, 0.3) is 0 Å². The van der Waals surface area contributed by atoms with Crippen LogP contribution in [0.1, 0.15) is 19.8 Å². The molecule has 1 unspecified atom stereocenters. The van der Waals surface area contributed by atoms with E-state index >= 15 is 0 Å². The Kier molecular flexibility index (Phi) is 5.82. The van der Waals surface area contributed by atoms with Crippen molar-refractivity contribution in [2.75, 3.05) is 32.7 Å². The van der Waals surface area contributed by atoms with Crippen LogP contribution in [0.25, 0.3) is 0 Å². The first-order valence-corrected chi connectivity index (χ1v) is 6.64. The van der Waals surface area contributed by atoms with E-state index in [0.717, 1.165) is 24.4 Å². The molecule has 1 rings (SSSR count). The molecule has 5 nitrogen and oxygen atoms in total. The van der Waals surface area contributed by atoms with Gasteiger partial charge in [-0.3, -0.25) is 4.79 Å². The fraction of sp³-hybridized carbons (Fsp3) is 0.533. The molecule has 0 saturated heterocycles. The van der Waals surface area contributed by atoms with Crippen molar-refractivity contribution in [2.24, 2.45) is 5.73 Å². The fourth-order valence-corrected chi connectivity index (χ4v) is 2.08. The van der Waals surface area contributed by atoms with Crippen molar-refractivity contribution in [3.05, 3.63) is 24.3 Å². The van der Waals surface area contributed by atoms with Gasteiger partial charge in [-0.25, -0.2) is 0 Å². The first-order chi connectivity index (χ1) is 9.42. The molecule has 2 N–H and O–H groups in total. The van der Waals surface area contributed by atoms with Gasteiger partial charge in [0, 0.05) is 13.6 Å². The third-order valence-corrected chi connectivity index (χ3v) is 3.34. The van der Waals surface area contributed by atoms with E-state index < -0.39 is 5.54 Å². The summed E-state index contributed by atoms with van der Waals surface area (Å²) in [5, 5.41) is 0. The molecule has 112 valence electrons. The number of ether oxygens (including phenoxy) is 2. The number of rotatable bonds is 7. The summed E-state index contributed by atoms with van der Waals surface area (Å²) in [4.78, 5) is 13.6. The number of carbonyl (C=O) groups excluding carboxylic acids is 1. The average molecular weight is 280 g/mol. The van der Waals surface area contributed by atoms with Crippen LogP contribution in [0.15, 0.2) is 24.3 Å². The maximum atomic E-state index is 11.5. The molecule has 0 aliphatic rings. The Morgan fingerprint density at radius 1 is 1.35 bits per heavy atom. The molecule has 0 heterocycles. The molecule has 0 amide bonds. The fourth-order valence-electron chi connectivity index (χ4n) is 2.08. The maximum Gasteiger partial charge on any atom is 0.325 e. The molecule has 0 aliphatic heterocycles. The molecule has 0 radical (unpaired) electrons. The highest BCUT2D eigenvalue weighted by Gasteiger charge is 2.28. The van der Waals surface area contributed by atoms with Crippen LogP contribution in [0, 0.1) is 0 Å². The number of nitrogens with two attached hydrogens (primary N) is 1. The van der Waals surface area contributed by atoms with Gasteiger partial charge in [-0.2, -0.15) is 0 Å². The Hall–Kier alpha value is -1.75. The zero-order valence-corrected chi connectivity index (χ0v) is 12.7. The van der Waals surface area contributed by atoms with Gasteiger partial charge in [0.1, 0.15) is 11.3 Å². The Balaban J connectivity index is 2.56. The van der Waals surface area contributed by atoms with Gasteiger partial charge in [-0.1, -0.05) is 12.1 Å². The Labute approximate surface area is 120 Å². The third-order valence-electron chi connectivity index (χ3n) is 3.34. The minimum atomic E-state index is -0.934. The highest BCUT2D eigenvalue weighted by atomic mass is 16.5. The third kappa shape index (κ3) is 4.13. The molecule has 0 aliphatic carbocycles. The van der Waals surface area contributed by atoms with Crippen molar-refractivity contribution in [3.8, 4) is 5.75 Å². The van der Waals surface area contributed by atoms with Crippen LogP contribution in [-0.4, -0.2) is 39.3 Å². The number of carbonyl (C=O) groups is 1. The summed E-state index contributed by atoms with van der Waals surface area (Å²) in [6.07, 6.45) is 1.36. The lowest BCUT2D eigenvalue weighted by atomic mass is 9.97. The summed E-state index contributed by atoms with van der Waals surface area (Å²) in [6, 6.07) is 7.83. The predicted molar refractivity (Wildman–Crippen MR) is 80.1 cm³/mol. The normalized spacial score (nSPS) is 13.4. The number of para-hydroxylation sites is 2. The lowest BCUT2D eigenvalue weighted by Gasteiger charge is -2.25. The van der Waals surface area contributed by atoms with Gasteiger partial charge < -0.3 is 20.1 Å². The molecule has 0 spiro atoms. The van der Waals surface area contributed by atoms with Gasteiger partial charge in [0.2, 0.25) is 0 Å². The second-order valence-corrected chi connectivity index (χ2v) is 5.11. The molecule has 1 atom stereocenters. The summed E-state index contributed by atoms with van der Waals surface area (Å²) < 4.78 is 10.0. The maximum absolute atomic E-state index is 11.5. The van der Waals surface area contributed by atoms with Crippen molar-refractivity contribution >= 4 is 11.7 Å². The topological polar surface area (TPSA) is 64.8 Å². The van der Waals surface area contributed by atoms with E-state index in [9.17, 15) is 4.79 Å². The predicted octanol–water partition coefficient (Wildman–Crippen LogP) is 1.80. The Morgan fingerprint density at radius 3 is 2.60 bits per heavy atom. The molecule has 0 fully saturated rings. The van der Waals surface area contributed by atoms with Gasteiger partial charge in [0.05, 0.1) is 19.9 Å². The van der Waals surface area contributed by atoms with Crippen molar-refractivity contribution in [1.82, 2.24) is 0 Å². The summed E-state index contributed by atoms with van der Waals surface area (Å²) >= 11 is 0. The smallest absolute Gasteiger partial charge is 0.325 e. The minimum Gasteiger partial charge on any atom is -0.495 e. The molecule has 0 aromatic heterocycles. The number of anilines is 1. The lowest BCUT2D eigenvalue weighted by Crippen LogP contribution is -2.46. The zero-order valence-electron chi connectivity index (χ0n) is 12.7. The number of nitrogens with zero attached hydrogens (tertiary/aromatic N) is 1. The molecular formula is C15H24N2O3. The zero-order chi connectivity index (χ0) is 15.2. The van der Waals surface area contributed by atoms with E-state index in [1.807, 2.05) is 31.3 Å². The van der Waals surface area contributed by atoms with E-state index in [1.54, 1.807) is 14.0 Å². The van der Waals surface area contributed by atoms with Crippen molar-refractivity contribution in [1.29, 1.82) is 0 Å². The van der Waals surface area contributed by atoms with Crippen LogP contribution in [0.2, 0.25) is 0 Å². The standard InChI is InChI=1S/C15H24N2O3/c1-15(16,14(18)20-4)10-7-11-17(2)12-8-5-6-9-13(12)19-3/h5-6,8-9H,7,10-11,16H2,1-4H3. The number of esters is 1. The lowest BCUT2D eigenvalue weighted by molar-refractivity contribution is -0.146. The second kappa shape index (κ2) is 7.14. The Morgan fingerprint density at radius 2 is 2.00 bits per heavy atom. The summed E-state index contributed by atoms with van der Waals surface area (Å²) in [7, 11) is 5.00. The number of methoxy groups -OCH3 is 2. The molecule has 5 heteroatoms. The molecule has 1 aromatic carbocycles. The molecule has 0 bridgehead atoms. The highest BCUT2D eigenvalue weighted by Crippen LogP contribution is 2.26. The SMILES string of the molecule is COC(=O)C(C)(N)CCCN(C)c1ccccc1OC. The number of benzene rings is 1. The monoisotopic (exact) mass is 280 g/mol. The van der Waals surface area contributed by atoms with E-state index in [2.05, 4.69) is 4.90 Å². The molecule has 20 heavy (non-hydrogen) atoms. The van der Waals surface area contributed by atoms with Crippen LogP contribution in [0.4, 0.5) is 5.69 Å². The van der Waals surface area contributed by atoms with Crippen LogP contribution in [-0.2, 0) is 9.53 Å². The van der Waals surface area contributed by atoms with Crippen molar-refractivity contribution in [2.45, 2.75) is 25.3 Å². The molecule has 1 aromatic rings. The van der Waals surface area contributed by atoms with Crippen LogP contribution in [0.3, 0.4) is 0 Å².